The highest BCUT2D eigenvalue weighted by Gasteiger charge is 2.23. The normalized spacial score (nSPS) is 15.0. The minimum Gasteiger partial charge on any atom is -0.481 e. The summed E-state index contributed by atoms with van der Waals surface area (Å²) >= 11 is 0. The topological polar surface area (TPSA) is 75.6 Å². The molecular weight excluding hydrogens is 265 g/mol. The first-order valence-electron chi connectivity index (χ1n) is 6.26. The highest BCUT2D eigenvalue weighted by atomic mass is 19.1. The van der Waals surface area contributed by atoms with Gasteiger partial charge in [-0.2, -0.15) is 0 Å². The Morgan fingerprint density at radius 3 is 2.25 bits per heavy atom. The molecule has 0 fully saturated rings. The number of halogens is 1. The van der Waals surface area contributed by atoms with Crippen molar-refractivity contribution in [3.63, 3.8) is 0 Å². The van der Waals surface area contributed by atoms with Crippen molar-refractivity contribution in [1.29, 1.82) is 0 Å². The second kappa shape index (κ2) is 6.88. The lowest BCUT2D eigenvalue weighted by molar-refractivity contribution is -0.142. The second-order valence-electron chi connectivity index (χ2n) is 4.64. The Labute approximate surface area is 116 Å². The first-order valence-corrected chi connectivity index (χ1v) is 6.26. The van der Waals surface area contributed by atoms with E-state index in [0.717, 1.165) is 0 Å². The van der Waals surface area contributed by atoms with Crippen molar-refractivity contribution in [3.8, 4) is 5.75 Å². The Balaban J connectivity index is 2.54. The molecule has 5 nitrogen and oxygen atoms in total. The zero-order valence-electron chi connectivity index (χ0n) is 11.6. The summed E-state index contributed by atoms with van der Waals surface area (Å²) in [5.41, 5.74) is 0. The summed E-state index contributed by atoms with van der Waals surface area (Å²) in [7, 11) is 0. The van der Waals surface area contributed by atoms with Crippen molar-refractivity contribution in [3.05, 3.63) is 30.1 Å². The number of carboxylic acid groups (broad SMARTS) is 1. The molecule has 0 aliphatic rings. The first kappa shape index (κ1) is 15.9. The van der Waals surface area contributed by atoms with E-state index in [4.69, 9.17) is 9.84 Å². The van der Waals surface area contributed by atoms with Gasteiger partial charge in [0.2, 0.25) is 0 Å². The van der Waals surface area contributed by atoms with Crippen LogP contribution in [0.25, 0.3) is 0 Å². The number of aliphatic carboxylic acids is 1. The van der Waals surface area contributed by atoms with E-state index >= 15 is 0 Å². The number of carbonyl (C=O) groups excluding carboxylic acids is 1. The number of ether oxygens (including phenoxy) is 1. The standard InChI is InChI=1S/C14H18FNO4/c1-8(14(18)19)9(2)16-13(17)10(3)20-12-6-4-11(15)5-7-12/h4-10H,1-3H3,(H,16,17)(H,18,19). The highest BCUT2D eigenvalue weighted by molar-refractivity contribution is 5.82. The fourth-order valence-corrected chi connectivity index (χ4v) is 1.45. The molecule has 20 heavy (non-hydrogen) atoms. The van der Waals surface area contributed by atoms with E-state index < -0.39 is 35.8 Å². The predicted molar refractivity (Wildman–Crippen MR) is 70.9 cm³/mol. The molecule has 0 radical (unpaired) electrons. The molecule has 0 aliphatic carbocycles. The Morgan fingerprint density at radius 2 is 1.75 bits per heavy atom. The Morgan fingerprint density at radius 1 is 1.20 bits per heavy atom. The second-order valence-corrected chi connectivity index (χ2v) is 4.64. The lowest BCUT2D eigenvalue weighted by Crippen LogP contribution is -2.45. The van der Waals surface area contributed by atoms with Crippen molar-refractivity contribution in [2.75, 3.05) is 0 Å². The molecule has 3 atom stereocenters. The van der Waals surface area contributed by atoms with Gasteiger partial charge in [0.1, 0.15) is 11.6 Å². The molecule has 1 rings (SSSR count). The van der Waals surface area contributed by atoms with Gasteiger partial charge in [0.15, 0.2) is 6.10 Å². The third kappa shape index (κ3) is 4.53. The monoisotopic (exact) mass is 283 g/mol. The van der Waals surface area contributed by atoms with Crippen LogP contribution in [0.3, 0.4) is 0 Å². The third-order valence-electron chi connectivity index (χ3n) is 3.01. The van der Waals surface area contributed by atoms with Crippen LogP contribution in [-0.2, 0) is 9.59 Å². The van der Waals surface area contributed by atoms with E-state index in [1.165, 1.54) is 38.1 Å². The summed E-state index contributed by atoms with van der Waals surface area (Å²) in [5, 5.41) is 11.4. The average Bonchev–Trinajstić information content (AvgIpc) is 2.40. The quantitative estimate of drug-likeness (QED) is 0.835. The minimum absolute atomic E-state index is 0.369. The first-order chi connectivity index (χ1) is 9.31. The SMILES string of the molecule is CC(Oc1ccc(F)cc1)C(=O)NC(C)C(C)C(=O)O. The van der Waals surface area contributed by atoms with E-state index in [-0.39, 0.29) is 0 Å². The van der Waals surface area contributed by atoms with Crippen LogP contribution in [0, 0.1) is 11.7 Å². The Hall–Kier alpha value is -2.11. The van der Waals surface area contributed by atoms with Crippen molar-refractivity contribution in [2.45, 2.75) is 32.9 Å². The van der Waals surface area contributed by atoms with Gasteiger partial charge in [-0.05, 0) is 45.0 Å². The molecule has 0 saturated heterocycles. The summed E-state index contributed by atoms with van der Waals surface area (Å²) in [6, 6.07) is 4.79. The van der Waals surface area contributed by atoms with Gasteiger partial charge in [0.05, 0.1) is 5.92 Å². The smallest absolute Gasteiger partial charge is 0.308 e. The van der Waals surface area contributed by atoms with Gasteiger partial charge in [-0.15, -0.1) is 0 Å². The van der Waals surface area contributed by atoms with Gasteiger partial charge in [-0.25, -0.2) is 4.39 Å². The predicted octanol–water partition coefficient (Wildman–Crippen LogP) is 1.82. The molecule has 0 spiro atoms. The maximum atomic E-state index is 12.7. The number of hydrogen-bond donors (Lipinski definition) is 2. The van der Waals surface area contributed by atoms with Crippen molar-refractivity contribution < 1.29 is 23.8 Å². The maximum absolute atomic E-state index is 12.7. The van der Waals surface area contributed by atoms with E-state index in [1.807, 2.05) is 0 Å². The van der Waals surface area contributed by atoms with E-state index in [1.54, 1.807) is 6.92 Å². The van der Waals surface area contributed by atoms with Crippen LogP contribution in [0.15, 0.2) is 24.3 Å². The number of nitrogens with one attached hydrogen (secondary N) is 1. The number of hydrogen-bond acceptors (Lipinski definition) is 3. The van der Waals surface area contributed by atoms with Gasteiger partial charge in [-0.3, -0.25) is 9.59 Å². The molecule has 1 amide bonds. The van der Waals surface area contributed by atoms with Gasteiger partial charge in [0.25, 0.3) is 5.91 Å². The summed E-state index contributed by atoms with van der Waals surface area (Å²) < 4.78 is 18.1. The number of carboxylic acids is 1. The zero-order chi connectivity index (χ0) is 15.3. The molecule has 0 aliphatic heterocycles. The molecule has 3 unspecified atom stereocenters. The lowest BCUT2D eigenvalue weighted by Gasteiger charge is -2.21. The number of benzene rings is 1. The van der Waals surface area contributed by atoms with E-state index in [0.29, 0.717) is 5.75 Å². The molecule has 2 N–H and O–H groups in total. The number of amides is 1. The number of rotatable bonds is 6. The number of carbonyl (C=O) groups is 2. The molecule has 0 aromatic heterocycles. The molecule has 1 aromatic carbocycles. The highest BCUT2D eigenvalue weighted by Crippen LogP contribution is 2.13. The van der Waals surface area contributed by atoms with Crippen LogP contribution < -0.4 is 10.1 Å². The zero-order valence-corrected chi connectivity index (χ0v) is 11.6. The van der Waals surface area contributed by atoms with Crippen LogP contribution in [0.2, 0.25) is 0 Å². The van der Waals surface area contributed by atoms with Gasteiger partial charge in [-0.1, -0.05) is 0 Å². The maximum Gasteiger partial charge on any atom is 0.308 e. The fourth-order valence-electron chi connectivity index (χ4n) is 1.45. The van der Waals surface area contributed by atoms with Crippen molar-refractivity contribution in [2.24, 2.45) is 5.92 Å². The Kier molecular flexibility index (Phi) is 5.49. The fraction of sp³-hybridized carbons (Fsp3) is 0.429. The Bertz CT molecular complexity index is 475. The molecule has 0 heterocycles. The van der Waals surface area contributed by atoms with Crippen LogP contribution in [0.1, 0.15) is 20.8 Å². The van der Waals surface area contributed by atoms with Crippen LogP contribution in [-0.4, -0.2) is 29.1 Å². The van der Waals surface area contributed by atoms with Gasteiger partial charge < -0.3 is 15.2 Å². The summed E-state index contributed by atoms with van der Waals surface area (Å²) in [4.78, 5) is 22.6. The molecular formula is C14H18FNO4. The van der Waals surface area contributed by atoms with E-state index in [9.17, 15) is 14.0 Å². The summed E-state index contributed by atoms with van der Waals surface area (Å²) in [5.74, 6) is -2.12. The average molecular weight is 283 g/mol. The van der Waals surface area contributed by atoms with Gasteiger partial charge >= 0.3 is 5.97 Å². The van der Waals surface area contributed by atoms with Crippen LogP contribution in [0.4, 0.5) is 4.39 Å². The minimum atomic E-state index is -0.982. The largest absolute Gasteiger partial charge is 0.481 e. The molecule has 1 aromatic rings. The molecule has 6 heteroatoms. The molecule has 0 saturated carbocycles. The lowest BCUT2D eigenvalue weighted by atomic mass is 10.0. The van der Waals surface area contributed by atoms with Crippen molar-refractivity contribution in [1.82, 2.24) is 5.32 Å². The molecule has 110 valence electrons. The van der Waals surface area contributed by atoms with Gasteiger partial charge in [0, 0.05) is 6.04 Å². The van der Waals surface area contributed by atoms with Crippen LogP contribution in [0.5, 0.6) is 5.75 Å². The third-order valence-corrected chi connectivity index (χ3v) is 3.01. The van der Waals surface area contributed by atoms with E-state index in [2.05, 4.69) is 5.32 Å². The summed E-state index contributed by atoms with van der Waals surface area (Å²) in [6.07, 6.45) is -0.802. The van der Waals surface area contributed by atoms with Crippen LogP contribution >= 0.6 is 0 Å². The van der Waals surface area contributed by atoms with Crippen molar-refractivity contribution >= 4 is 11.9 Å². The summed E-state index contributed by atoms with van der Waals surface area (Å²) in [6.45, 7) is 4.66. The molecule has 0 bridgehead atoms.